The van der Waals surface area contributed by atoms with Gasteiger partial charge in [0.25, 0.3) is 0 Å². The van der Waals surface area contributed by atoms with Gasteiger partial charge in [0.15, 0.2) is 5.69 Å². The maximum absolute atomic E-state index is 14.0. The Labute approximate surface area is 178 Å². The molecule has 0 spiro atoms. The molecule has 1 aliphatic rings. The zero-order valence-corrected chi connectivity index (χ0v) is 17.7. The Balaban J connectivity index is 1.90. The molecule has 31 heavy (non-hydrogen) atoms. The number of carbonyl (C=O) groups is 2. The van der Waals surface area contributed by atoms with Crippen molar-refractivity contribution in [3.63, 3.8) is 0 Å². The van der Waals surface area contributed by atoms with Gasteiger partial charge in [0.05, 0.1) is 23.8 Å². The molecule has 168 valence electrons. The van der Waals surface area contributed by atoms with E-state index in [2.05, 4.69) is 5.10 Å². The maximum atomic E-state index is 14.0. The first-order valence-corrected chi connectivity index (χ1v) is 10.2. The predicted molar refractivity (Wildman–Crippen MR) is 106 cm³/mol. The van der Waals surface area contributed by atoms with Crippen LogP contribution in [0.1, 0.15) is 67.3 Å². The molecule has 6 nitrogen and oxygen atoms in total. The van der Waals surface area contributed by atoms with Crippen molar-refractivity contribution in [3.05, 3.63) is 47.3 Å². The lowest BCUT2D eigenvalue weighted by atomic mass is 9.74. The van der Waals surface area contributed by atoms with Gasteiger partial charge in [-0.15, -0.1) is 0 Å². The fraction of sp³-hybridized carbons (Fsp3) is 0.500. The fourth-order valence-corrected chi connectivity index (χ4v) is 3.97. The minimum atomic E-state index is -4.80. The number of esters is 2. The van der Waals surface area contributed by atoms with Crippen molar-refractivity contribution in [2.75, 3.05) is 6.61 Å². The van der Waals surface area contributed by atoms with Crippen LogP contribution in [0.15, 0.2) is 30.3 Å². The largest absolute Gasteiger partial charge is 0.466 e. The SMILES string of the molecule is CCOC(=O)C1(C)CCC(n2nc(C)c(C(=O)Oc3ccccc3)c2C(F)(F)F)CC1. The van der Waals surface area contributed by atoms with E-state index >= 15 is 0 Å². The van der Waals surface area contributed by atoms with Crippen molar-refractivity contribution in [1.29, 1.82) is 0 Å². The van der Waals surface area contributed by atoms with Gasteiger partial charge in [-0.2, -0.15) is 18.3 Å². The molecule has 0 saturated heterocycles. The van der Waals surface area contributed by atoms with Gasteiger partial charge in [-0.3, -0.25) is 9.48 Å². The van der Waals surface area contributed by atoms with Crippen LogP contribution >= 0.6 is 0 Å². The summed E-state index contributed by atoms with van der Waals surface area (Å²) in [5.41, 5.74) is -2.49. The molecule has 1 saturated carbocycles. The highest BCUT2D eigenvalue weighted by molar-refractivity contribution is 5.93. The highest BCUT2D eigenvalue weighted by Gasteiger charge is 2.46. The predicted octanol–water partition coefficient (Wildman–Crippen LogP) is 5.11. The normalized spacial score (nSPS) is 21.5. The van der Waals surface area contributed by atoms with Gasteiger partial charge in [-0.25, -0.2) is 4.79 Å². The molecule has 1 aliphatic carbocycles. The van der Waals surface area contributed by atoms with Crippen LogP contribution in [0.5, 0.6) is 5.75 Å². The van der Waals surface area contributed by atoms with Crippen LogP contribution in [0, 0.1) is 12.3 Å². The fourth-order valence-electron chi connectivity index (χ4n) is 3.97. The quantitative estimate of drug-likeness (QED) is 0.479. The number of benzene rings is 1. The smallest absolute Gasteiger partial charge is 0.433 e. The van der Waals surface area contributed by atoms with Crippen LogP contribution in [-0.2, 0) is 15.7 Å². The third-order valence-corrected chi connectivity index (χ3v) is 5.68. The summed E-state index contributed by atoms with van der Waals surface area (Å²) >= 11 is 0. The van der Waals surface area contributed by atoms with Gasteiger partial charge in [0.2, 0.25) is 0 Å². The second-order valence-electron chi connectivity index (χ2n) is 7.97. The molecule has 3 rings (SSSR count). The Morgan fingerprint density at radius 1 is 1.19 bits per heavy atom. The minimum absolute atomic E-state index is 0.0491. The number of alkyl halides is 3. The molecule has 1 aromatic heterocycles. The average Bonchev–Trinajstić information content (AvgIpc) is 3.07. The second-order valence-corrected chi connectivity index (χ2v) is 7.97. The molecule has 0 radical (unpaired) electrons. The van der Waals surface area contributed by atoms with Crippen LogP contribution < -0.4 is 4.74 Å². The number of rotatable bonds is 5. The van der Waals surface area contributed by atoms with Crippen molar-refractivity contribution in [3.8, 4) is 5.75 Å². The number of nitrogens with zero attached hydrogens (tertiary/aromatic N) is 2. The summed E-state index contributed by atoms with van der Waals surface area (Å²) in [6.45, 7) is 5.09. The zero-order chi connectivity index (χ0) is 22.8. The van der Waals surface area contributed by atoms with Crippen molar-refractivity contribution >= 4 is 11.9 Å². The topological polar surface area (TPSA) is 70.4 Å². The van der Waals surface area contributed by atoms with Gasteiger partial charge in [-0.1, -0.05) is 18.2 Å². The number of halogens is 3. The summed E-state index contributed by atoms with van der Waals surface area (Å²) in [6, 6.07) is 7.33. The van der Waals surface area contributed by atoms with E-state index in [9.17, 15) is 22.8 Å². The zero-order valence-electron chi connectivity index (χ0n) is 17.7. The first-order chi connectivity index (χ1) is 14.6. The molecule has 1 heterocycles. The van der Waals surface area contributed by atoms with Crippen molar-refractivity contribution in [1.82, 2.24) is 9.78 Å². The second kappa shape index (κ2) is 8.72. The van der Waals surface area contributed by atoms with E-state index < -0.39 is 34.9 Å². The molecule has 2 aromatic rings. The highest BCUT2D eigenvalue weighted by atomic mass is 19.4. The molecule has 0 unspecified atom stereocenters. The van der Waals surface area contributed by atoms with E-state index in [0.717, 1.165) is 4.68 Å². The van der Waals surface area contributed by atoms with E-state index in [-0.39, 0.29) is 24.0 Å². The Hall–Kier alpha value is -2.84. The molecule has 0 aliphatic heterocycles. The van der Waals surface area contributed by atoms with E-state index in [1.165, 1.54) is 19.1 Å². The Kier molecular flexibility index (Phi) is 6.43. The number of aryl methyl sites for hydroxylation is 1. The Morgan fingerprint density at radius 3 is 2.35 bits per heavy atom. The van der Waals surface area contributed by atoms with Crippen LogP contribution in [0.4, 0.5) is 13.2 Å². The van der Waals surface area contributed by atoms with Gasteiger partial charge >= 0.3 is 18.1 Å². The van der Waals surface area contributed by atoms with Crippen molar-refractivity contribution in [2.45, 2.75) is 58.7 Å². The van der Waals surface area contributed by atoms with E-state index in [0.29, 0.717) is 25.7 Å². The number of carbonyl (C=O) groups excluding carboxylic acids is 2. The van der Waals surface area contributed by atoms with Crippen LogP contribution in [0.3, 0.4) is 0 Å². The molecule has 9 heteroatoms. The Morgan fingerprint density at radius 2 is 1.81 bits per heavy atom. The van der Waals surface area contributed by atoms with Crippen molar-refractivity contribution in [2.24, 2.45) is 5.41 Å². The van der Waals surface area contributed by atoms with E-state index in [4.69, 9.17) is 9.47 Å². The minimum Gasteiger partial charge on any atom is -0.466 e. The van der Waals surface area contributed by atoms with E-state index in [1.54, 1.807) is 32.0 Å². The molecule has 0 amide bonds. The van der Waals surface area contributed by atoms with Crippen LogP contribution in [-0.4, -0.2) is 28.3 Å². The lowest BCUT2D eigenvalue weighted by Gasteiger charge is -2.35. The summed E-state index contributed by atoms with van der Waals surface area (Å²) in [5.74, 6) is -1.29. The highest BCUT2D eigenvalue weighted by Crippen LogP contribution is 2.44. The summed E-state index contributed by atoms with van der Waals surface area (Å²) in [6.07, 6.45) is -3.43. The molecule has 0 bridgehead atoms. The summed E-state index contributed by atoms with van der Waals surface area (Å²) < 4.78 is 53.2. The number of para-hydroxylation sites is 1. The summed E-state index contributed by atoms with van der Waals surface area (Å²) in [4.78, 5) is 24.9. The standard InChI is InChI=1S/C22H25F3N2O4/c1-4-30-20(29)21(3)12-10-15(11-13-21)27-18(22(23,24)25)17(14(2)26-27)19(28)31-16-8-6-5-7-9-16/h5-9,15H,4,10-13H2,1-3H3. The molecular weight excluding hydrogens is 413 g/mol. The number of ether oxygens (including phenoxy) is 2. The van der Waals surface area contributed by atoms with Gasteiger partial charge < -0.3 is 9.47 Å². The van der Waals surface area contributed by atoms with Gasteiger partial charge in [-0.05, 0) is 58.6 Å². The molecule has 1 aromatic carbocycles. The molecule has 0 atom stereocenters. The molecular formula is C22H25F3N2O4. The van der Waals surface area contributed by atoms with E-state index in [1.807, 2.05) is 0 Å². The average molecular weight is 438 g/mol. The third kappa shape index (κ3) is 4.75. The first-order valence-electron chi connectivity index (χ1n) is 10.2. The first kappa shape index (κ1) is 22.8. The van der Waals surface area contributed by atoms with Crippen molar-refractivity contribution < 1.29 is 32.2 Å². The number of hydrogen-bond donors (Lipinski definition) is 0. The van der Waals surface area contributed by atoms with Gasteiger partial charge in [0, 0.05) is 0 Å². The summed E-state index contributed by atoms with van der Waals surface area (Å²) in [5, 5.41) is 4.07. The summed E-state index contributed by atoms with van der Waals surface area (Å²) in [7, 11) is 0. The molecule has 0 N–H and O–H groups in total. The third-order valence-electron chi connectivity index (χ3n) is 5.68. The van der Waals surface area contributed by atoms with Crippen LogP contribution in [0.25, 0.3) is 0 Å². The number of aromatic nitrogens is 2. The maximum Gasteiger partial charge on any atom is 0.433 e. The lowest BCUT2D eigenvalue weighted by Crippen LogP contribution is -2.36. The number of hydrogen-bond acceptors (Lipinski definition) is 5. The molecule has 1 fully saturated rings. The Bertz CT molecular complexity index is 946. The van der Waals surface area contributed by atoms with Gasteiger partial charge in [0.1, 0.15) is 11.3 Å². The lowest BCUT2D eigenvalue weighted by molar-refractivity contribution is -0.157. The van der Waals surface area contributed by atoms with Crippen LogP contribution in [0.2, 0.25) is 0 Å². The monoisotopic (exact) mass is 438 g/mol.